The van der Waals surface area contributed by atoms with Gasteiger partial charge < -0.3 is 19.8 Å². The molecule has 0 atom stereocenters. The minimum Gasteiger partial charge on any atom is -0.352 e. The van der Waals surface area contributed by atoms with E-state index < -0.39 is 0 Å². The Bertz CT molecular complexity index is 2180. The molecule has 0 bridgehead atoms. The zero-order valence-electron chi connectivity index (χ0n) is 27.9. The van der Waals surface area contributed by atoms with E-state index in [1.807, 2.05) is 76.0 Å². The molecule has 0 unspecified atom stereocenters. The molecule has 0 radical (unpaired) electrons. The van der Waals surface area contributed by atoms with Crippen molar-refractivity contribution in [2.24, 2.45) is 4.99 Å². The van der Waals surface area contributed by atoms with Crippen LogP contribution in [-0.2, 0) is 19.6 Å². The molecule has 252 valence electrons. The van der Waals surface area contributed by atoms with Crippen molar-refractivity contribution in [3.8, 4) is 0 Å². The second-order valence-electron chi connectivity index (χ2n) is 13.1. The average molecular weight is 665 g/mol. The smallest absolute Gasteiger partial charge is 0.326 e. The first-order valence-corrected chi connectivity index (χ1v) is 17.4. The van der Waals surface area contributed by atoms with E-state index in [2.05, 4.69) is 61.5 Å². The Hall–Kier alpha value is -5.74. The molecule has 1 saturated heterocycles. The number of fused-ring (bicyclic) bond motifs is 2. The van der Waals surface area contributed by atoms with Gasteiger partial charge in [0.1, 0.15) is 5.84 Å². The Kier molecular flexibility index (Phi) is 8.83. The Morgan fingerprint density at radius 3 is 2.52 bits per heavy atom. The number of likely N-dealkylation sites (tertiary alicyclic amines) is 1. The fourth-order valence-electron chi connectivity index (χ4n) is 7.20. The van der Waals surface area contributed by atoms with E-state index in [-0.39, 0.29) is 17.6 Å². The van der Waals surface area contributed by atoms with Crippen LogP contribution in [0.3, 0.4) is 0 Å². The van der Waals surface area contributed by atoms with Crippen molar-refractivity contribution in [1.29, 1.82) is 0 Å². The first-order valence-electron chi connectivity index (χ1n) is 17.4. The van der Waals surface area contributed by atoms with Crippen LogP contribution in [0.2, 0.25) is 0 Å². The van der Waals surface area contributed by atoms with Gasteiger partial charge in [-0.1, -0.05) is 54.6 Å². The van der Waals surface area contributed by atoms with E-state index in [0.717, 1.165) is 84.8 Å². The van der Waals surface area contributed by atoms with Crippen LogP contribution in [0.25, 0.3) is 11.0 Å². The van der Waals surface area contributed by atoms with Gasteiger partial charge in [-0.3, -0.25) is 14.3 Å². The molecular formula is C40H40N8O2. The number of aromatic amines is 1. The number of imidazole rings is 2. The Balaban J connectivity index is 0.949. The predicted molar refractivity (Wildman–Crippen MR) is 197 cm³/mol. The van der Waals surface area contributed by atoms with Crippen LogP contribution >= 0.6 is 0 Å². The van der Waals surface area contributed by atoms with Gasteiger partial charge in [-0.25, -0.2) is 14.8 Å². The third kappa shape index (κ3) is 6.62. The van der Waals surface area contributed by atoms with E-state index >= 15 is 0 Å². The van der Waals surface area contributed by atoms with E-state index in [1.54, 1.807) is 12.5 Å². The lowest BCUT2D eigenvalue weighted by molar-refractivity contribution is 0.0952. The van der Waals surface area contributed by atoms with Crippen molar-refractivity contribution >= 4 is 34.2 Å². The molecule has 10 nitrogen and oxygen atoms in total. The zero-order valence-corrected chi connectivity index (χ0v) is 27.9. The van der Waals surface area contributed by atoms with Gasteiger partial charge >= 0.3 is 5.69 Å². The van der Waals surface area contributed by atoms with Crippen molar-refractivity contribution in [2.75, 3.05) is 24.5 Å². The number of aromatic nitrogens is 4. The molecule has 4 heterocycles. The summed E-state index contributed by atoms with van der Waals surface area (Å²) in [6.45, 7) is 4.75. The molecule has 0 spiro atoms. The van der Waals surface area contributed by atoms with Gasteiger partial charge in [0, 0.05) is 68.0 Å². The normalized spacial score (nSPS) is 15.2. The quantitative estimate of drug-likeness (QED) is 0.168. The first-order chi connectivity index (χ1) is 24.6. The summed E-state index contributed by atoms with van der Waals surface area (Å²) in [6.07, 6.45) is 8.19. The SMILES string of the molecule is O=C(NCCCn1ccnc1)c1ccc2c(c1)CN(c1ccccc1)C(c1ccc(CN3CCC(n4c(=O)[nH]c5ccccc54)CC3)cc1)=N2. The summed E-state index contributed by atoms with van der Waals surface area (Å²) in [6, 6.07) is 33.0. The van der Waals surface area contributed by atoms with Gasteiger partial charge in [-0.2, -0.15) is 0 Å². The van der Waals surface area contributed by atoms with Crippen LogP contribution in [-0.4, -0.2) is 55.4 Å². The van der Waals surface area contributed by atoms with Gasteiger partial charge in [-0.05, 0) is 72.9 Å². The summed E-state index contributed by atoms with van der Waals surface area (Å²) in [4.78, 5) is 42.7. The number of hydrogen-bond acceptors (Lipinski definition) is 6. The highest BCUT2D eigenvalue weighted by Crippen LogP contribution is 2.33. The fraction of sp³-hybridized carbons (Fsp3) is 0.250. The number of aliphatic imine (C=N–C) groups is 1. The van der Waals surface area contributed by atoms with Crippen LogP contribution < -0.4 is 15.9 Å². The maximum absolute atomic E-state index is 13.0. The van der Waals surface area contributed by atoms with E-state index in [4.69, 9.17) is 4.99 Å². The number of piperidine rings is 1. The number of anilines is 1. The average Bonchev–Trinajstić information content (AvgIpc) is 3.81. The maximum Gasteiger partial charge on any atom is 0.326 e. The number of nitrogens with zero attached hydrogens (tertiary/aromatic N) is 6. The number of H-pyrrole nitrogens is 1. The highest BCUT2D eigenvalue weighted by molar-refractivity contribution is 6.12. The van der Waals surface area contributed by atoms with Crippen LogP contribution in [0.5, 0.6) is 0 Å². The lowest BCUT2D eigenvalue weighted by Crippen LogP contribution is -2.36. The third-order valence-electron chi connectivity index (χ3n) is 9.82. The van der Waals surface area contributed by atoms with Gasteiger partial charge in [-0.15, -0.1) is 0 Å². The van der Waals surface area contributed by atoms with Crippen LogP contribution in [0.4, 0.5) is 11.4 Å². The molecule has 1 fully saturated rings. The molecule has 10 heteroatoms. The number of benzene rings is 4. The van der Waals surface area contributed by atoms with Crippen molar-refractivity contribution in [3.63, 3.8) is 0 Å². The van der Waals surface area contributed by atoms with E-state index in [9.17, 15) is 9.59 Å². The second-order valence-corrected chi connectivity index (χ2v) is 13.1. The molecule has 4 aromatic carbocycles. The summed E-state index contributed by atoms with van der Waals surface area (Å²) in [5.41, 5.74) is 7.75. The maximum atomic E-state index is 13.0. The Morgan fingerprint density at radius 1 is 0.920 bits per heavy atom. The number of amidine groups is 1. The number of rotatable bonds is 10. The molecular weight excluding hydrogens is 624 g/mol. The van der Waals surface area contributed by atoms with Gasteiger partial charge in [0.25, 0.3) is 5.91 Å². The minimum atomic E-state index is -0.0776. The summed E-state index contributed by atoms with van der Waals surface area (Å²) in [5, 5.41) is 3.06. The molecule has 2 aromatic heterocycles. The molecule has 2 aliphatic rings. The molecule has 6 aromatic rings. The summed E-state index contributed by atoms with van der Waals surface area (Å²) in [5.74, 6) is 0.808. The molecule has 2 N–H and O–H groups in total. The molecule has 2 aliphatic heterocycles. The Labute approximate surface area is 290 Å². The zero-order chi connectivity index (χ0) is 33.9. The van der Waals surface area contributed by atoms with Crippen molar-refractivity contribution in [2.45, 2.75) is 44.9 Å². The highest BCUT2D eigenvalue weighted by atomic mass is 16.2. The summed E-state index contributed by atoms with van der Waals surface area (Å²) < 4.78 is 3.96. The van der Waals surface area contributed by atoms with Crippen LogP contribution in [0.15, 0.2) is 126 Å². The number of nitrogens with one attached hydrogen (secondary N) is 2. The van der Waals surface area contributed by atoms with Crippen molar-refractivity contribution < 1.29 is 4.79 Å². The highest BCUT2D eigenvalue weighted by Gasteiger charge is 2.25. The van der Waals surface area contributed by atoms with E-state index in [0.29, 0.717) is 18.7 Å². The van der Waals surface area contributed by atoms with Gasteiger partial charge in [0.15, 0.2) is 0 Å². The first kappa shape index (κ1) is 31.5. The standard InChI is InChI=1S/C40H40N8O2/c49-39(42-19-6-21-46-24-20-41-28-46)31-15-16-35-32(25-31)27-47(33-7-2-1-3-8-33)38(43-35)30-13-11-29(12-14-30)26-45-22-17-34(18-23-45)48-37-10-5-4-9-36(37)44-40(48)50/h1-5,7-16,20,24-25,28,34H,6,17-19,21-23,26-27H2,(H,42,49)(H,44,50). The molecule has 1 amide bonds. The molecule has 0 saturated carbocycles. The third-order valence-corrected chi connectivity index (χ3v) is 9.82. The second kappa shape index (κ2) is 14.0. The number of aryl methyl sites for hydroxylation is 1. The van der Waals surface area contributed by atoms with Crippen LogP contribution in [0.1, 0.15) is 52.4 Å². The molecule has 0 aliphatic carbocycles. The van der Waals surface area contributed by atoms with E-state index in [1.165, 1.54) is 5.56 Å². The Morgan fingerprint density at radius 2 is 1.72 bits per heavy atom. The number of hydrogen-bond donors (Lipinski definition) is 2. The van der Waals surface area contributed by atoms with Gasteiger partial charge in [0.05, 0.1) is 29.6 Å². The number of carbonyl (C=O) groups is 1. The monoisotopic (exact) mass is 664 g/mol. The number of carbonyl (C=O) groups excluding carboxylic acids is 1. The fourth-order valence-corrected chi connectivity index (χ4v) is 7.20. The topological polar surface area (TPSA) is 104 Å². The molecule has 8 rings (SSSR count). The minimum absolute atomic E-state index is 0.0164. The lowest BCUT2D eigenvalue weighted by Gasteiger charge is -2.33. The van der Waals surface area contributed by atoms with Crippen molar-refractivity contribution in [1.82, 2.24) is 29.3 Å². The van der Waals surface area contributed by atoms with Gasteiger partial charge in [0.2, 0.25) is 0 Å². The van der Waals surface area contributed by atoms with Crippen LogP contribution in [0, 0.1) is 0 Å². The number of para-hydroxylation sites is 3. The molecule has 50 heavy (non-hydrogen) atoms. The van der Waals surface area contributed by atoms with Crippen molar-refractivity contribution in [3.05, 3.63) is 149 Å². The largest absolute Gasteiger partial charge is 0.352 e. The predicted octanol–water partition coefficient (Wildman–Crippen LogP) is 6.28. The lowest BCUT2D eigenvalue weighted by atomic mass is 10.0. The summed E-state index contributed by atoms with van der Waals surface area (Å²) >= 11 is 0. The number of amides is 1. The summed E-state index contributed by atoms with van der Waals surface area (Å²) in [7, 11) is 0.